The molecule has 192 valence electrons. The van der Waals surface area contributed by atoms with E-state index in [9.17, 15) is 9.18 Å². The maximum Gasteiger partial charge on any atom is 0.251 e. The van der Waals surface area contributed by atoms with Gasteiger partial charge in [0.15, 0.2) is 23.3 Å². The van der Waals surface area contributed by atoms with E-state index in [-0.39, 0.29) is 11.9 Å². The molecule has 4 aromatic heterocycles. The van der Waals surface area contributed by atoms with E-state index in [0.29, 0.717) is 35.3 Å². The normalized spacial score (nSPS) is 11.8. The fourth-order valence-electron chi connectivity index (χ4n) is 3.97. The molecule has 0 saturated heterocycles. The number of hydrogen-bond acceptors (Lipinski definition) is 7. The average Bonchev–Trinajstić information content (AvgIpc) is 3.54. The first kappa shape index (κ1) is 24.8. The second kappa shape index (κ2) is 10.6. The molecule has 5 rings (SSSR count). The minimum atomic E-state index is -0.435. The monoisotopic (exact) mass is 511 g/mol. The van der Waals surface area contributed by atoms with Gasteiger partial charge in [0.2, 0.25) is 0 Å². The van der Waals surface area contributed by atoms with E-state index < -0.39 is 5.82 Å². The summed E-state index contributed by atoms with van der Waals surface area (Å²) < 4.78 is 14.6. The number of carbonyl (C=O) groups is 1. The minimum absolute atomic E-state index is 0.206. The Morgan fingerprint density at radius 2 is 1.87 bits per heavy atom. The van der Waals surface area contributed by atoms with Crippen LogP contribution in [0.2, 0.25) is 0 Å². The Morgan fingerprint density at radius 3 is 2.50 bits per heavy atom. The van der Waals surface area contributed by atoms with Crippen LogP contribution in [0.15, 0.2) is 67.1 Å². The van der Waals surface area contributed by atoms with Crippen molar-refractivity contribution in [3.63, 3.8) is 0 Å². The van der Waals surface area contributed by atoms with E-state index in [2.05, 4.69) is 40.9 Å². The number of rotatable bonds is 8. The Morgan fingerprint density at radius 1 is 1.05 bits per heavy atom. The Bertz CT molecular complexity index is 1560. The Balaban J connectivity index is 1.28. The summed E-state index contributed by atoms with van der Waals surface area (Å²) in [7, 11) is 0. The topological polar surface area (TPSA) is 126 Å². The lowest BCUT2D eigenvalue weighted by molar-refractivity contribution is 0.0935. The number of anilines is 2. The van der Waals surface area contributed by atoms with E-state index in [0.717, 1.165) is 28.7 Å². The zero-order chi connectivity index (χ0) is 26.6. The van der Waals surface area contributed by atoms with Crippen LogP contribution in [0.3, 0.4) is 0 Å². The number of H-pyrrole nitrogens is 1. The van der Waals surface area contributed by atoms with Crippen molar-refractivity contribution >= 4 is 17.5 Å². The van der Waals surface area contributed by atoms with Crippen LogP contribution >= 0.6 is 0 Å². The third-order valence-electron chi connectivity index (χ3n) is 5.89. The summed E-state index contributed by atoms with van der Waals surface area (Å²) in [5.74, 6) is 1.69. The molecular weight excluding hydrogens is 485 g/mol. The van der Waals surface area contributed by atoms with Gasteiger partial charge in [-0.15, -0.1) is 0 Å². The summed E-state index contributed by atoms with van der Waals surface area (Å²) in [5.41, 5.74) is 3.89. The van der Waals surface area contributed by atoms with Gasteiger partial charge < -0.3 is 10.6 Å². The average molecular weight is 512 g/mol. The SMILES string of the molecule is CC[C@@H](NC(=O)c1ccc(-c2nc(C)cc(Nc3cc(C)[nH]n3)n2)cc1)c1ccc(-n2cc(F)cn2)nc1. The molecule has 0 fully saturated rings. The largest absolute Gasteiger partial charge is 0.345 e. The third kappa shape index (κ3) is 5.56. The summed E-state index contributed by atoms with van der Waals surface area (Å²) in [6, 6.07) is 14.2. The first-order valence-corrected chi connectivity index (χ1v) is 12.1. The van der Waals surface area contributed by atoms with Crippen LogP contribution in [0.25, 0.3) is 17.2 Å². The highest BCUT2D eigenvalue weighted by Crippen LogP contribution is 2.22. The highest BCUT2D eigenvalue weighted by molar-refractivity contribution is 5.94. The number of pyridine rings is 1. The number of aryl methyl sites for hydroxylation is 2. The summed E-state index contributed by atoms with van der Waals surface area (Å²) in [4.78, 5) is 26.5. The second-order valence-corrected chi connectivity index (χ2v) is 8.84. The maximum atomic E-state index is 13.2. The molecule has 0 unspecified atom stereocenters. The summed E-state index contributed by atoms with van der Waals surface area (Å²) in [6.07, 6.45) is 4.71. The molecule has 10 nitrogen and oxygen atoms in total. The molecular formula is C27H26FN9O. The molecule has 11 heteroatoms. The number of aromatic nitrogens is 7. The fourth-order valence-corrected chi connectivity index (χ4v) is 3.97. The van der Waals surface area contributed by atoms with Gasteiger partial charge in [-0.2, -0.15) is 10.2 Å². The number of benzene rings is 1. The molecule has 0 spiro atoms. The number of amides is 1. The van der Waals surface area contributed by atoms with Gasteiger partial charge in [0.1, 0.15) is 5.82 Å². The number of halogens is 1. The Kier molecular flexibility index (Phi) is 6.90. The summed E-state index contributed by atoms with van der Waals surface area (Å²) in [5, 5.41) is 17.2. The van der Waals surface area contributed by atoms with E-state index >= 15 is 0 Å². The lowest BCUT2D eigenvalue weighted by Gasteiger charge is -2.17. The fraction of sp³-hybridized carbons (Fsp3) is 0.185. The second-order valence-electron chi connectivity index (χ2n) is 8.84. The molecule has 1 amide bonds. The number of aromatic amines is 1. The lowest BCUT2D eigenvalue weighted by Crippen LogP contribution is -2.28. The van der Waals surface area contributed by atoms with Crippen molar-refractivity contribution in [2.75, 3.05) is 5.32 Å². The van der Waals surface area contributed by atoms with Crippen molar-refractivity contribution in [2.45, 2.75) is 33.2 Å². The summed E-state index contributed by atoms with van der Waals surface area (Å²) >= 11 is 0. The standard InChI is InChI=1S/C27H26FN9O/c1-4-22(20-9-10-25(29-13-20)37-15-21(28)14-30-37)32-27(38)19-7-5-18(6-8-19)26-31-16(2)11-23(34-26)33-24-12-17(3)35-36-24/h5-15,22H,4H2,1-3H3,(H,32,38)(H2,31,33,34,35,36)/t22-/m1/s1. The highest BCUT2D eigenvalue weighted by atomic mass is 19.1. The van der Waals surface area contributed by atoms with Gasteiger partial charge in [0.25, 0.3) is 5.91 Å². The van der Waals surface area contributed by atoms with E-state index in [1.807, 2.05) is 51.1 Å². The molecule has 0 radical (unpaired) electrons. The van der Waals surface area contributed by atoms with Crippen LogP contribution in [-0.4, -0.2) is 40.8 Å². The first-order valence-electron chi connectivity index (χ1n) is 12.1. The van der Waals surface area contributed by atoms with Crippen molar-refractivity contribution in [2.24, 2.45) is 0 Å². The zero-order valence-corrected chi connectivity index (χ0v) is 21.1. The molecule has 1 atom stereocenters. The van der Waals surface area contributed by atoms with Crippen LogP contribution in [-0.2, 0) is 0 Å². The van der Waals surface area contributed by atoms with Crippen LogP contribution in [0.5, 0.6) is 0 Å². The molecule has 0 bridgehead atoms. The van der Waals surface area contributed by atoms with Gasteiger partial charge in [-0.3, -0.25) is 9.89 Å². The molecule has 4 heterocycles. The lowest BCUT2D eigenvalue weighted by atomic mass is 10.1. The quantitative estimate of drug-likeness (QED) is 0.272. The van der Waals surface area contributed by atoms with Crippen molar-refractivity contribution in [1.29, 1.82) is 0 Å². The smallest absolute Gasteiger partial charge is 0.251 e. The molecule has 5 aromatic rings. The zero-order valence-electron chi connectivity index (χ0n) is 21.1. The van der Waals surface area contributed by atoms with E-state index in [4.69, 9.17) is 0 Å². The summed E-state index contributed by atoms with van der Waals surface area (Å²) in [6.45, 7) is 5.80. The minimum Gasteiger partial charge on any atom is -0.345 e. The van der Waals surface area contributed by atoms with Gasteiger partial charge in [0, 0.05) is 40.8 Å². The Hall–Kier alpha value is -4.93. The van der Waals surface area contributed by atoms with Crippen LogP contribution < -0.4 is 10.6 Å². The van der Waals surface area contributed by atoms with E-state index in [1.54, 1.807) is 24.4 Å². The van der Waals surface area contributed by atoms with Crippen LogP contribution in [0.1, 0.15) is 46.7 Å². The molecule has 0 aliphatic heterocycles. The molecule has 1 aromatic carbocycles. The molecule has 0 aliphatic rings. The van der Waals surface area contributed by atoms with Gasteiger partial charge in [-0.05, 0) is 44.0 Å². The van der Waals surface area contributed by atoms with Crippen molar-refractivity contribution < 1.29 is 9.18 Å². The third-order valence-corrected chi connectivity index (χ3v) is 5.89. The van der Waals surface area contributed by atoms with Gasteiger partial charge in [0.05, 0.1) is 18.4 Å². The van der Waals surface area contributed by atoms with E-state index in [1.165, 1.54) is 10.9 Å². The van der Waals surface area contributed by atoms with Crippen LogP contribution in [0, 0.1) is 19.7 Å². The number of hydrogen-bond donors (Lipinski definition) is 3. The maximum absolute atomic E-state index is 13.2. The molecule has 0 saturated carbocycles. The predicted octanol–water partition coefficient (Wildman–Crippen LogP) is 4.83. The van der Waals surface area contributed by atoms with Gasteiger partial charge >= 0.3 is 0 Å². The molecule has 3 N–H and O–H groups in total. The van der Waals surface area contributed by atoms with Crippen molar-refractivity contribution in [1.82, 2.24) is 40.2 Å². The first-order chi connectivity index (χ1) is 18.4. The van der Waals surface area contributed by atoms with Crippen molar-refractivity contribution in [3.8, 4) is 17.2 Å². The van der Waals surface area contributed by atoms with Crippen LogP contribution in [0.4, 0.5) is 16.0 Å². The molecule has 0 aliphatic carbocycles. The number of nitrogens with one attached hydrogen (secondary N) is 3. The number of carbonyl (C=O) groups excluding carboxylic acids is 1. The van der Waals surface area contributed by atoms with Gasteiger partial charge in [-0.1, -0.05) is 25.1 Å². The Labute approximate surface area is 218 Å². The number of nitrogens with zero attached hydrogens (tertiary/aromatic N) is 6. The highest BCUT2D eigenvalue weighted by Gasteiger charge is 2.16. The predicted molar refractivity (Wildman–Crippen MR) is 141 cm³/mol. The molecule has 38 heavy (non-hydrogen) atoms. The van der Waals surface area contributed by atoms with Gasteiger partial charge in [-0.25, -0.2) is 24.0 Å². The van der Waals surface area contributed by atoms with Crippen molar-refractivity contribution in [3.05, 3.63) is 95.5 Å².